The van der Waals surface area contributed by atoms with Gasteiger partial charge in [-0.3, -0.25) is 19.0 Å². The van der Waals surface area contributed by atoms with E-state index in [2.05, 4.69) is 16.8 Å². The number of amides is 1. The normalized spacial score (nSPS) is 16.0. The molecule has 0 radical (unpaired) electrons. The second kappa shape index (κ2) is 9.41. The van der Waals surface area contributed by atoms with Crippen LogP contribution in [-0.2, 0) is 20.9 Å². The van der Waals surface area contributed by atoms with Crippen molar-refractivity contribution < 1.29 is 14.3 Å². The van der Waals surface area contributed by atoms with Crippen LogP contribution in [-0.4, -0.2) is 76.3 Å². The first-order valence-corrected chi connectivity index (χ1v) is 10.6. The Morgan fingerprint density at radius 1 is 1.21 bits per heavy atom. The molecule has 3 rings (SSSR count). The van der Waals surface area contributed by atoms with Crippen LogP contribution in [0.2, 0.25) is 0 Å². The Morgan fingerprint density at radius 2 is 1.90 bits per heavy atom. The largest absolute Gasteiger partial charge is 0.468 e. The fraction of sp³-hybridized carbons (Fsp3) is 0.500. The van der Waals surface area contributed by atoms with E-state index in [-0.39, 0.29) is 18.0 Å². The van der Waals surface area contributed by atoms with Crippen molar-refractivity contribution in [2.24, 2.45) is 0 Å². The Bertz CT molecular complexity index is 953. The highest BCUT2D eigenvalue weighted by Gasteiger charge is 2.27. The molecule has 29 heavy (non-hydrogen) atoms. The summed E-state index contributed by atoms with van der Waals surface area (Å²) in [7, 11) is 1.27. The van der Waals surface area contributed by atoms with Crippen LogP contribution in [0.1, 0.15) is 13.8 Å². The number of nitrogens with zero attached hydrogens (tertiary/aromatic N) is 4. The Labute approximate surface area is 173 Å². The Balaban J connectivity index is 1.86. The van der Waals surface area contributed by atoms with Crippen molar-refractivity contribution in [3.05, 3.63) is 34.6 Å². The highest BCUT2D eigenvalue weighted by atomic mass is 32.2. The smallest absolute Gasteiger partial charge is 0.325 e. The number of carbonyl (C=O) groups excluding carboxylic acids is 2. The number of carbonyl (C=O) groups is 2. The molecule has 1 aromatic heterocycles. The number of thioether (sulfide) groups is 1. The van der Waals surface area contributed by atoms with Gasteiger partial charge < -0.3 is 14.5 Å². The number of hydrogen-bond donors (Lipinski definition) is 0. The highest BCUT2D eigenvalue weighted by Crippen LogP contribution is 2.24. The number of likely N-dealkylation sites (N-methyl/N-ethyl adjacent to an activating group) is 1. The SMILES string of the molecule is CCN1CCN(C(=O)[C@H](C)Sc2nc3ccccc3c(=O)n2CC(=O)OC)CC1. The summed E-state index contributed by atoms with van der Waals surface area (Å²) in [5, 5.41) is 0.336. The number of piperazine rings is 1. The molecule has 1 aliphatic heterocycles. The van der Waals surface area contributed by atoms with E-state index < -0.39 is 11.2 Å². The minimum atomic E-state index is -0.541. The van der Waals surface area contributed by atoms with E-state index in [4.69, 9.17) is 4.74 Å². The predicted octanol–water partition coefficient (Wildman–Crippen LogP) is 1.21. The number of methoxy groups -OCH3 is 1. The fourth-order valence-electron chi connectivity index (χ4n) is 3.32. The quantitative estimate of drug-likeness (QED) is 0.396. The van der Waals surface area contributed by atoms with Crippen LogP contribution in [0.15, 0.2) is 34.2 Å². The minimum absolute atomic E-state index is 0.0118. The van der Waals surface area contributed by atoms with Gasteiger partial charge in [0.1, 0.15) is 6.54 Å². The number of rotatable bonds is 6. The molecule has 0 bridgehead atoms. The van der Waals surface area contributed by atoms with Gasteiger partial charge in [0, 0.05) is 26.2 Å². The molecule has 1 fully saturated rings. The molecule has 1 amide bonds. The number of para-hydroxylation sites is 1. The lowest BCUT2D eigenvalue weighted by atomic mass is 10.2. The summed E-state index contributed by atoms with van der Waals surface area (Å²) < 4.78 is 6.02. The molecule has 1 aromatic carbocycles. The maximum absolute atomic E-state index is 12.9. The van der Waals surface area contributed by atoms with Gasteiger partial charge in [0.25, 0.3) is 5.56 Å². The van der Waals surface area contributed by atoms with Crippen molar-refractivity contribution in [3.63, 3.8) is 0 Å². The number of aromatic nitrogens is 2. The van der Waals surface area contributed by atoms with Crippen molar-refractivity contribution in [2.45, 2.75) is 30.8 Å². The molecular weight excluding hydrogens is 392 g/mol. The third kappa shape index (κ3) is 4.79. The van der Waals surface area contributed by atoms with Crippen LogP contribution in [0.5, 0.6) is 0 Å². The van der Waals surface area contributed by atoms with Crippen molar-refractivity contribution >= 4 is 34.5 Å². The molecule has 1 aliphatic rings. The van der Waals surface area contributed by atoms with Crippen LogP contribution in [0, 0.1) is 0 Å². The Hall–Kier alpha value is -2.39. The molecule has 1 saturated heterocycles. The molecule has 8 nitrogen and oxygen atoms in total. The first-order valence-electron chi connectivity index (χ1n) is 9.68. The van der Waals surface area contributed by atoms with Gasteiger partial charge in [-0.1, -0.05) is 30.8 Å². The van der Waals surface area contributed by atoms with Gasteiger partial charge >= 0.3 is 5.97 Å². The zero-order valence-electron chi connectivity index (χ0n) is 17.0. The van der Waals surface area contributed by atoms with E-state index in [1.807, 2.05) is 11.8 Å². The number of hydrogen-bond acceptors (Lipinski definition) is 7. The molecule has 0 N–H and O–H groups in total. The Kier molecular flexibility index (Phi) is 6.92. The van der Waals surface area contributed by atoms with Crippen LogP contribution >= 0.6 is 11.8 Å². The molecule has 2 heterocycles. The van der Waals surface area contributed by atoms with E-state index in [1.54, 1.807) is 24.3 Å². The molecule has 0 saturated carbocycles. The number of esters is 1. The van der Waals surface area contributed by atoms with E-state index in [0.717, 1.165) is 19.6 Å². The summed E-state index contributed by atoms with van der Waals surface area (Å²) in [4.78, 5) is 46.4. The second-order valence-corrected chi connectivity index (χ2v) is 8.21. The van der Waals surface area contributed by atoms with E-state index in [0.29, 0.717) is 29.1 Å². The lowest BCUT2D eigenvalue weighted by Gasteiger charge is -2.35. The summed E-state index contributed by atoms with van der Waals surface area (Å²) in [5.74, 6) is -0.529. The monoisotopic (exact) mass is 418 g/mol. The zero-order chi connectivity index (χ0) is 21.0. The topological polar surface area (TPSA) is 84.7 Å². The maximum Gasteiger partial charge on any atom is 0.325 e. The molecular formula is C20H26N4O4S. The lowest BCUT2D eigenvalue weighted by molar-refractivity contribution is -0.141. The second-order valence-electron chi connectivity index (χ2n) is 6.90. The van der Waals surface area contributed by atoms with Crippen molar-refractivity contribution in [1.82, 2.24) is 19.4 Å². The molecule has 2 aromatic rings. The minimum Gasteiger partial charge on any atom is -0.468 e. The van der Waals surface area contributed by atoms with Crippen LogP contribution < -0.4 is 5.56 Å². The average molecular weight is 419 g/mol. The van der Waals surface area contributed by atoms with Gasteiger partial charge in [0.15, 0.2) is 5.16 Å². The molecule has 0 unspecified atom stereocenters. The van der Waals surface area contributed by atoms with Gasteiger partial charge in [-0.2, -0.15) is 0 Å². The summed E-state index contributed by atoms with van der Waals surface area (Å²) in [6, 6.07) is 6.98. The van der Waals surface area contributed by atoms with Crippen molar-refractivity contribution in [2.75, 3.05) is 39.8 Å². The van der Waals surface area contributed by atoms with Crippen molar-refractivity contribution in [1.29, 1.82) is 0 Å². The summed E-state index contributed by atoms with van der Waals surface area (Å²) in [6.45, 7) is 7.76. The maximum atomic E-state index is 12.9. The number of benzene rings is 1. The van der Waals surface area contributed by atoms with Crippen LogP contribution in [0.4, 0.5) is 0 Å². The third-order valence-electron chi connectivity index (χ3n) is 5.10. The Morgan fingerprint density at radius 3 is 2.55 bits per heavy atom. The number of fused-ring (bicyclic) bond motifs is 1. The molecule has 0 aliphatic carbocycles. The molecule has 0 spiro atoms. The van der Waals surface area contributed by atoms with Gasteiger partial charge in [0.05, 0.1) is 23.3 Å². The van der Waals surface area contributed by atoms with Gasteiger partial charge in [-0.25, -0.2) is 4.98 Å². The molecule has 1 atom stereocenters. The zero-order valence-corrected chi connectivity index (χ0v) is 17.8. The fourth-order valence-corrected chi connectivity index (χ4v) is 4.31. The third-order valence-corrected chi connectivity index (χ3v) is 6.18. The standard InChI is InChI=1S/C20H26N4O4S/c1-4-22-9-11-23(12-10-22)18(26)14(2)29-20-21-16-8-6-5-7-15(16)19(27)24(20)13-17(25)28-3/h5-8,14H,4,9-13H2,1-3H3/t14-/m0/s1. The average Bonchev–Trinajstić information content (AvgIpc) is 2.75. The van der Waals surface area contributed by atoms with Gasteiger partial charge in [0.2, 0.25) is 5.91 Å². The number of ether oxygens (including phenoxy) is 1. The van der Waals surface area contributed by atoms with E-state index in [1.165, 1.54) is 23.4 Å². The molecule has 156 valence electrons. The van der Waals surface area contributed by atoms with Gasteiger partial charge in [-0.15, -0.1) is 0 Å². The van der Waals surface area contributed by atoms with Crippen LogP contribution in [0.3, 0.4) is 0 Å². The van der Waals surface area contributed by atoms with Crippen molar-refractivity contribution in [3.8, 4) is 0 Å². The van der Waals surface area contributed by atoms with Gasteiger partial charge in [-0.05, 0) is 25.6 Å². The van der Waals surface area contributed by atoms with E-state index >= 15 is 0 Å². The van der Waals surface area contributed by atoms with Crippen LogP contribution in [0.25, 0.3) is 10.9 Å². The molecule has 9 heteroatoms. The first kappa shape index (κ1) is 21.3. The summed E-state index contributed by atoms with van der Waals surface area (Å²) >= 11 is 1.20. The highest BCUT2D eigenvalue weighted by molar-refractivity contribution is 8.00. The van der Waals surface area contributed by atoms with E-state index in [9.17, 15) is 14.4 Å². The lowest BCUT2D eigenvalue weighted by Crippen LogP contribution is -2.50. The predicted molar refractivity (Wildman–Crippen MR) is 112 cm³/mol. The first-order chi connectivity index (χ1) is 13.9. The summed E-state index contributed by atoms with van der Waals surface area (Å²) in [5.41, 5.74) is 0.219. The summed E-state index contributed by atoms with van der Waals surface area (Å²) in [6.07, 6.45) is 0.